The number of carbonyl (C=O) groups is 2. The lowest BCUT2D eigenvalue weighted by Crippen LogP contribution is -2.47. The van der Waals surface area contributed by atoms with Gasteiger partial charge in [0, 0.05) is 19.0 Å². The number of nitrogens with zero attached hydrogens (tertiary/aromatic N) is 1. The highest BCUT2D eigenvalue weighted by Crippen LogP contribution is 2.37. The molecule has 1 heterocycles. The van der Waals surface area contributed by atoms with Crippen LogP contribution in [0, 0.1) is 5.92 Å². The Hall–Kier alpha value is -2.82. The van der Waals surface area contributed by atoms with Crippen LogP contribution in [0.2, 0.25) is 0 Å². The van der Waals surface area contributed by atoms with E-state index < -0.39 is 6.04 Å². The highest BCUT2D eigenvalue weighted by molar-refractivity contribution is 5.91. The number of ether oxygens (including phenoxy) is 1. The molecular formula is C23H26N2O3. The molecule has 1 atom stereocenters. The smallest absolute Gasteiger partial charge is 0.247 e. The summed E-state index contributed by atoms with van der Waals surface area (Å²) in [6.07, 6.45) is 2.69. The first kappa shape index (κ1) is 18.5. The van der Waals surface area contributed by atoms with Gasteiger partial charge in [0.25, 0.3) is 0 Å². The summed E-state index contributed by atoms with van der Waals surface area (Å²) in [6.45, 7) is 3.61. The minimum Gasteiger partial charge on any atom is -0.494 e. The van der Waals surface area contributed by atoms with Crippen LogP contribution in [0.5, 0.6) is 5.75 Å². The van der Waals surface area contributed by atoms with Crippen molar-refractivity contribution in [1.29, 1.82) is 0 Å². The number of amides is 2. The molecule has 146 valence electrons. The molecule has 0 spiro atoms. The predicted molar refractivity (Wildman–Crippen MR) is 107 cm³/mol. The second kappa shape index (κ2) is 8.05. The van der Waals surface area contributed by atoms with Crippen LogP contribution in [0.25, 0.3) is 0 Å². The van der Waals surface area contributed by atoms with Crippen LogP contribution >= 0.6 is 0 Å². The normalized spacial score (nSPS) is 18.3. The maximum Gasteiger partial charge on any atom is 0.247 e. The molecule has 1 fully saturated rings. The minimum absolute atomic E-state index is 0.103. The van der Waals surface area contributed by atoms with E-state index in [1.807, 2.05) is 49.4 Å². The van der Waals surface area contributed by atoms with E-state index in [0.29, 0.717) is 19.7 Å². The Morgan fingerprint density at radius 3 is 2.57 bits per heavy atom. The Labute approximate surface area is 165 Å². The molecule has 0 radical (unpaired) electrons. The summed E-state index contributed by atoms with van der Waals surface area (Å²) in [5, 5.41) is 3.03. The number of fused-ring (bicyclic) bond motifs is 1. The van der Waals surface area contributed by atoms with Gasteiger partial charge in [0.05, 0.1) is 6.61 Å². The maximum atomic E-state index is 13.1. The largest absolute Gasteiger partial charge is 0.494 e. The van der Waals surface area contributed by atoms with Crippen molar-refractivity contribution in [2.24, 2.45) is 5.92 Å². The van der Waals surface area contributed by atoms with Crippen molar-refractivity contribution < 1.29 is 14.3 Å². The molecule has 1 unspecified atom stereocenters. The van der Waals surface area contributed by atoms with Crippen molar-refractivity contribution in [2.45, 2.75) is 38.8 Å². The fourth-order valence-electron chi connectivity index (χ4n) is 3.81. The molecule has 2 amide bonds. The summed E-state index contributed by atoms with van der Waals surface area (Å²) in [4.78, 5) is 27.7. The van der Waals surface area contributed by atoms with Crippen molar-refractivity contribution in [3.8, 4) is 5.75 Å². The van der Waals surface area contributed by atoms with Crippen LogP contribution in [0.1, 0.15) is 42.5 Å². The molecule has 1 N–H and O–H groups in total. The summed E-state index contributed by atoms with van der Waals surface area (Å²) in [7, 11) is 0. The van der Waals surface area contributed by atoms with Gasteiger partial charge in [0.1, 0.15) is 11.8 Å². The fraction of sp³-hybridized carbons (Fsp3) is 0.391. The summed E-state index contributed by atoms with van der Waals surface area (Å²) < 4.78 is 5.46. The first-order chi connectivity index (χ1) is 13.7. The number of hydrogen-bond donors (Lipinski definition) is 1. The summed E-state index contributed by atoms with van der Waals surface area (Å²) in [5.74, 6) is 0.928. The van der Waals surface area contributed by atoms with Crippen molar-refractivity contribution in [3.63, 3.8) is 0 Å². The Bertz CT molecular complexity index is 858. The highest BCUT2D eigenvalue weighted by Gasteiger charge is 2.41. The molecule has 0 saturated heterocycles. The number of nitrogens with one attached hydrogen (secondary N) is 1. The van der Waals surface area contributed by atoms with Gasteiger partial charge in [0.15, 0.2) is 0 Å². The average molecular weight is 378 g/mol. The predicted octanol–water partition coefficient (Wildman–Crippen LogP) is 3.24. The first-order valence-electron chi connectivity index (χ1n) is 10.0. The van der Waals surface area contributed by atoms with Crippen LogP contribution in [-0.2, 0) is 22.6 Å². The average Bonchev–Trinajstić information content (AvgIpc) is 3.57. The summed E-state index contributed by atoms with van der Waals surface area (Å²) >= 11 is 0. The summed E-state index contributed by atoms with van der Waals surface area (Å²) in [5.41, 5.74) is 3.11. The van der Waals surface area contributed by atoms with E-state index in [2.05, 4.69) is 11.4 Å². The molecule has 5 nitrogen and oxygen atoms in total. The molecule has 2 aromatic carbocycles. The molecule has 2 aromatic rings. The van der Waals surface area contributed by atoms with Gasteiger partial charge in [-0.1, -0.05) is 36.4 Å². The van der Waals surface area contributed by atoms with Crippen molar-refractivity contribution in [1.82, 2.24) is 10.2 Å². The zero-order valence-electron chi connectivity index (χ0n) is 16.2. The number of carbonyl (C=O) groups excluding carboxylic acids is 2. The van der Waals surface area contributed by atoms with E-state index in [1.165, 1.54) is 0 Å². The van der Waals surface area contributed by atoms with Gasteiger partial charge in [0.2, 0.25) is 11.8 Å². The Kier molecular flexibility index (Phi) is 5.33. The number of benzene rings is 2. The van der Waals surface area contributed by atoms with E-state index in [4.69, 9.17) is 4.74 Å². The van der Waals surface area contributed by atoms with Crippen molar-refractivity contribution in [3.05, 3.63) is 65.2 Å². The second-order valence-corrected chi connectivity index (χ2v) is 7.45. The molecule has 2 aliphatic rings. The third kappa shape index (κ3) is 3.88. The van der Waals surface area contributed by atoms with E-state index in [0.717, 1.165) is 41.7 Å². The highest BCUT2D eigenvalue weighted by atomic mass is 16.5. The lowest BCUT2D eigenvalue weighted by atomic mass is 9.91. The van der Waals surface area contributed by atoms with Crippen molar-refractivity contribution >= 4 is 11.8 Å². The molecule has 1 aliphatic heterocycles. The van der Waals surface area contributed by atoms with Gasteiger partial charge in [-0.05, 0) is 55.0 Å². The standard InChI is InChI=1S/C23H26N2O3/c1-2-28-19-11-7-16(8-12-19)15-24-22(26)21-20-6-4-3-5-17(20)13-14-25(21)23(27)18-9-10-18/h3-8,11-12,18,21H,2,9-10,13-15H2,1H3,(H,24,26). The first-order valence-corrected chi connectivity index (χ1v) is 10.0. The Morgan fingerprint density at radius 1 is 1.11 bits per heavy atom. The summed E-state index contributed by atoms with van der Waals surface area (Å²) in [6, 6.07) is 15.1. The van der Waals surface area contributed by atoms with E-state index in [9.17, 15) is 9.59 Å². The maximum absolute atomic E-state index is 13.1. The van der Waals surface area contributed by atoms with Crippen LogP contribution in [0.15, 0.2) is 48.5 Å². The third-order valence-electron chi connectivity index (χ3n) is 5.44. The topological polar surface area (TPSA) is 58.6 Å². The van der Waals surface area contributed by atoms with Gasteiger partial charge < -0.3 is 15.0 Å². The van der Waals surface area contributed by atoms with Gasteiger partial charge in [-0.3, -0.25) is 9.59 Å². The minimum atomic E-state index is -0.541. The number of hydrogen-bond acceptors (Lipinski definition) is 3. The molecule has 1 saturated carbocycles. The van der Waals surface area contributed by atoms with Crippen molar-refractivity contribution in [2.75, 3.05) is 13.2 Å². The Morgan fingerprint density at radius 2 is 1.86 bits per heavy atom. The van der Waals surface area contributed by atoms with Crippen LogP contribution < -0.4 is 10.1 Å². The lowest BCUT2D eigenvalue weighted by molar-refractivity contribution is -0.142. The molecule has 0 bridgehead atoms. The van der Waals surface area contributed by atoms with Crippen LogP contribution in [0.4, 0.5) is 0 Å². The van der Waals surface area contributed by atoms with Gasteiger partial charge in [-0.15, -0.1) is 0 Å². The molecule has 1 aliphatic carbocycles. The molecule has 28 heavy (non-hydrogen) atoms. The quantitative estimate of drug-likeness (QED) is 0.840. The van der Waals surface area contributed by atoms with Gasteiger partial charge in [-0.25, -0.2) is 0 Å². The Balaban J connectivity index is 1.50. The zero-order valence-corrected chi connectivity index (χ0v) is 16.2. The van der Waals surface area contributed by atoms with Crippen LogP contribution in [-0.4, -0.2) is 29.9 Å². The third-order valence-corrected chi connectivity index (χ3v) is 5.44. The lowest BCUT2D eigenvalue weighted by Gasteiger charge is -2.36. The fourth-order valence-corrected chi connectivity index (χ4v) is 3.81. The van der Waals surface area contributed by atoms with E-state index in [-0.39, 0.29) is 17.7 Å². The van der Waals surface area contributed by atoms with Gasteiger partial charge in [-0.2, -0.15) is 0 Å². The zero-order chi connectivity index (χ0) is 19.5. The van der Waals surface area contributed by atoms with E-state index in [1.54, 1.807) is 4.90 Å². The number of rotatable bonds is 6. The SMILES string of the molecule is CCOc1ccc(CNC(=O)C2c3ccccc3CCN2C(=O)C2CC2)cc1. The molecule has 5 heteroatoms. The van der Waals surface area contributed by atoms with Crippen LogP contribution in [0.3, 0.4) is 0 Å². The monoisotopic (exact) mass is 378 g/mol. The molecule has 0 aromatic heterocycles. The molecular weight excluding hydrogens is 352 g/mol. The van der Waals surface area contributed by atoms with Gasteiger partial charge >= 0.3 is 0 Å². The van der Waals surface area contributed by atoms with E-state index >= 15 is 0 Å². The molecule has 4 rings (SSSR count). The second-order valence-electron chi connectivity index (χ2n) is 7.45.